The highest BCUT2D eigenvalue weighted by atomic mass is 32.1. The minimum atomic E-state index is -0.129. The molecule has 0 unspecified atom stereocenters. The number of fused-ring (bicyclic) bond motifs is 1. The van der Waals surface area contributed by atoms with Crippen LogP contribution in [0.15, 0.2) is 30.6 Å². The smallest absolute Gasteiger partial charge is 0.251 e. The summed E-state index contributed by atoms with van der Waals surface area (Å²) < 4.78 is 0. The summed E-state index contributed by atoms with van der Waals surface area (Å²) in [6.07, 6.45) is 3.22. The summed E-state index contributed by atoms with van der Waals surface area (Å²) in [5.41, 5.74) is 2.76. The van der Waals surface area contributed by atoms with Crippen molar-refractivity contribution in [3.8, 4) is 0 Å². The second kappa shape index (κ2) is 9.01. The van der Waals surface area contributed by atoms with Gasteiger partial charge in [-0.2, -0.15) is 0 Å². The molecule has 3 heterocycles. The fourth-order valence-corrected chi connectivity index (χ4v) is 5.05. The predicted molar refractivity (Wildman–Crippen MR) is 124 cm³/mol. The fourth-order valence-electron chi connectivity index (χ4n) is 4.06. The van der Waals surface area contributed by atoms with Crippen LogP contribution >= 0.6 is 11.3 Å². The number of nitrogens with one attached hydrogen (secondary N) is 2. The highest BCUT2D eigenvalue weighted by molar-refractivity contribution is 7.18. The lowest BCUT2D eigenvalue weighted by molar-refractivity contribution is -0.125. The van der Waals surface area contributed by atoms with E-state index in [9.17, 15) is 9.59 Å². The molecule has 0 spiro atoms. The number of rotatable bonds is 5. The largest absolute Gasteiger partial charge is 0.356 e. The van der Waals surface area contributed by atoms with E-state index in [1.54, 1.807) is 30.8 Å². The van der Waals surface area contributed by atoms with Crippen LogP contribution in [0, 0.1) is 19.8 Å². The molecule has 1 fully saturated rings. The van der Waals surface area contributed by atoms with Crippen LogP contribution < -0.4 is 15.5 Å². The Morgan fingerprint density at radius 2 is 1.97 bits per heavy atom. The molecule has 2 aromatic heterocycles. The minimum absolute atomic E-state index is 0.0130. The summed E-state index contributed by atoms with van der Waals surface area (Å²) in [4.78, 5) is 38.1. The molecule has 0 saturated carbocycles. The molecule has 4 rings (SSSR count). The minimum Gasteiger partial charge on any atom is -0.356 e. The maximum absolute atomic E-state index is 12.7. The number of benzene rings is 1. The van der Waals surface area contributed by atoms with Crippen LogP contribution in [0.3, 0.4) is 0 Å². The Bertz CT molecular complexity index is 1120. The average Bonchev–Trinajstić information content (AvgIpc) is 3.10. The summed E-state index contributed by atoms with van der Waals surface area (Å²) in [6.45, 7) is 6.26. The maximum Gasteiger partial charge on any atom is 0.251 e. The molecular formula is C23H27N5O2S. The van der Waals surface area contributed by atoms with E-state index in [1.165, 1.54) is 10.4 Å². The van der Waals surface area contributed by atoms with Crippen molar-refractivity contribution in [1.29, 1.82) is 0 Å². The molecule has 31 heavy (non-hydrogen) atoms. The molecule has 2 N–H and O–H groups in total. The molecule has 3 aromatic rings. The molecule has 1 saturated heterocycles. The van der Waals surface area contributed by atoms with Crippen molar-refractivity contribution in [2.75, 3.05) is 25.0 Å². The van der Waals surface area contributed by atoms with Crippen LogP contribution in [0.1, 0.15) is 39.2 Å². The van der Waals surface area contributed by atoms with Crippen LogP contribution in [-0.4, -0.2) is 41.9 Å². The Morgan fingerprint density at radius 1 is 1.19 bits per heavy atom. The Morgan fingerprint density at radius 3 is 2.71 bits per heavy atom. The molecule has 1 aromatic carbocycles. The van der Waals surface area contributed by atoms with Crippen LogP contribution in [-0.2, 0) is 11.3 Å². The molecule has 0 aliphatic carbocycles. The lowest BCUT2D eigenvalue weighted by Crippen LogP contribution is -2.40. The van der Waals surface area contributed by atoms with Gasteiger partial charge >= 0.3 is 0 Å². The third kappa shape index (κ3) is 4.39. The predicted octanol–water partition coefficient (Wildman–Crippen LogP) is 3.20. The van der Waals surface area contributed by atoms with E-state index in [2.05, 4.69) is 39.3 Å². The third-order valence-electron chi connectivity index (χ3n) is 5.99. The van der Waals surface area contributed by atoms with Crippen LogP contribution in [0.5, 0.6) is 0 Å². The molecule has 0 atom stereocenters. The van der Waals surface area contributed by atoms with Gasteiger partial charge < -0.3 is 15.5 Å². The van der Waals surface area contributed by atoms with E-state index in [0.717, 1.165) is 47.5 Å². The number of amides is 2. The molecule has 7 nitrogen and oxygen atoms in total. The topological polar surface area (TPSA) is 87.2 Å². The number of aromatic nitrogens is 2. The van der Waals surface area contributed by atoms with E-state index in [4.69, 9.17) is 0 Å². The molecule has 1 aliphatic rings. The molecule has 2 amide bonds. The monoisotopic (exact) mass is 437 g/mol. The van der Waals surface area contributed by atoms with E-state index in [-0.39, 0.29) is 17.7 Å². The normalized spacial score (nSPS) is 14.6. The van der Waals surface area contributed by atoms with E-state index in [1.807, 2.05) is 18.2 Å². The first kappa shape index (κ1) is 21.2. The molecular weight excluding hydrogens is 410 g/mol. The zero-order chi connectivity index (χ0) is 22.0. The first-order valence-corrected chi connectivity index (χ1v) is 11.3. The van der Waals surface area contributed by atoms with Gasteiger partial charge in [-0.1, -0.05) is 12.1 Å². The zero-order valence-corrected chi connectivity index (χ0v) is 18.9. The SMILES string of the molecule is CNC(=O)c1cccc(CNC(=O)C2CCN(c3ncnc4sc(C)c(C)c34)CC2)c1. The second-order valence-electron chi connectivity index (χ2n) is 7.92. The van der Waals surface area contributed by atoms with Gasteiger partial charge in [0.1, 0.15) is 17.0 Å². The first-order chi connectivity index (χ1) is 15.0. The van der Waals surface area contributed by atoms with Crippen molar-refractivity contribution in [1.82, 2.24) is 20.6 Å². The van der Waals surface area contributed by atoms with Crippen LogP contribution in [0.25, 0.3) is 10.2 Å². The summed E-state index contributed by atoms with van der Waals surface area (Å²) in [5.74, 6) is 0.911. The standard InChI is InChI=1S/C23H27N5O2S/c1-14-15(2)31-23-19(14)20(26-13-27-23)28-9-7-17(8-10-28)22(30)25-12-16-5-4-6-18(11-16)21(29)24-3/h4-6,11,13,17H,7-10,12H2,1-3H3,(H,24,29)(H,25,30). The lowest BCUT2D eigenvalue weighted by Gasteiger charge is -2.32. The number of anilines is 1. The number of aryl methyl sites for hydroxylation is 2. The number of carbonyl (C=O) groups excluding carboxylic acids is 2. The molecule has 1 aliphatic heterocycles. The van der Waals surface area contributed by atoms with Gasteiger partial charge in [-0.15, -0.1) is 11.3 Å². The van der Waals surface area contributed by atoms with Crippen LogP contribution in [0.2, 0.25) is 0 Å². The summed E-state index contributed by atoms with van der Waals surface area (Å²) >= 11 is 1.70. The number of carbonyl (C=O) groups is 2. The Kier molecular flexibility index (Phi) is 6.18. The van der Waals surface area contributed by atoms with Gasteiger partial charge in [0.05, 0.1) is 5.39 Å². The Balaban J connectivity index is 1.36. The number of hydrogen-bond acceptors (Lipinski definition) is 6. The van der Waals surface area contributed by atoms with E-state index >= 15 is 0 Å². The lowest BCUT2D eigenvalue weighted by atomic mass is 9.95. The van der Waals surface area contributed by atoms with Crippen LogP contribution in [0.4, 0.5) is 5.82 Å². The quantitative estimate of drug-likeness (QED) is 0.640. The highest BCUT2D eigenvalue weighted by Crippen LogP contribution is 2.35. The van der Waals surface area contributed by atoms with Crippen molar-refractivity contribution in [3.63, 3.8) is 0 Å². The van der Waals surface area contributed by atoms with Gasteiger partial charge in [-0.05, 0) is 49.9 Å². The third-order valence-corrected chi connectivity index (χ3v) is 7.11. The Labute approximate surface area is 185 Å². The summed E-state index contributed by atoms with van der Waals surface area (Å²) in [7, 11) is 1.61. The van der Waals surface area contributed by atoms with Gasteiger partial charge in [-0.3, -0.25) is 9.59 Å². The number of thiophene rings is 1. The van der Waals surface area contributed by atoms with Crippen molar-refractivity contribution in [2.24, 2.45) is 5.92 Å². The molecule has 8 heteroatoms. The van der Waals surface area contributed by atoms with Gasteiger partial charge in [0, 0.05) is 43.0 Å². The van der Waals surface area contributed by atoms with Crippen molar-refractivity contribution >= 4 is 39.2 Å². The van der Waals surface area contributed by atoms with Gasteiger partial charge in [0.15, 0.2) is 0 Å². The van der Waals surface area contributed by atoms with Crippen molar-refractivity contribution < 1.29 is 9.59 Å². The molecule has 0 bridgehead atoms. The summed E-state index contributed by atoms with van der Waals surface area (Å²) in [6, 6.07) is 7.33. The zero-order valence-electron chi connectivity index (χ0n) is 18.1. The second-order valence-corrected chi connectivity index (χ2v) is 9.12. The molecule has 0 radical (unpaired) electrons. The number of piperidine rings is 1. The first-order valence-electron chi connectivity index (χ1n) is 10.5. The average molecular weight is 438 g/mol. The van der Waals surface area contributed by atoms with Gasteiger partial charge in [-0.25, -0.2) is 9.97 Å². The number of hydrogen-bond donors (Lipinski definition) is 2. The number of nitrogens with zero attached hydrogens (tertiary/aromatic N) is 3. The van der Waals surface area contributed by atoms with E-state index in [0.29, 0.717) is 12.1 Å². The maximum atomic E-state index is 12.7. The van der Waals surface area contributed by atoms with Gasteiger partial charge in [0.2, 0.25) is 5.91 Å². The summed E-state index contributed by atoms with van der Waals surface area (Å²) in [5, 5.41) is 6.80. The van der Waals surface area contributed by atoms with Crippen molar-refractivity contribution in [3.05, 3.63) is 52.2 Å². The molecule has 162 valence electrons. The fraction of sp³-hybridized carbons (Fsp3) is 0.391. The van der Waals surface area contributed by atoms with E-state index < -0.39 is 0 Å². The Hall–Kier alpha value is -3.00. The highest BCUT2D eigenvalue weighted by Gasteiger charge is 2.27. The van der Waals surface area contributed by atoms with Crippen molar-refractivity contribution in [2.45, 2.75) is 33.2 Å². The van der Waals surface area contributed by atoms with Gasteiger partial charge in [0.25, 0.3) is 5.91 Å².